The van der Waals surface area contributed by atoms with E-state index in [0.29, 0.717) is 21.2 Å². The third-order valence-corrected chi connectivity index (χ3v) is 4.45. The average Bonchev–Trinajstić information content (AvgIpc) is 2.78. The van der Waals surface area contributed by atoms with Crippen LogP contribution < -0.4 is 0 Å². The Morgan fingerprint density at radius 3 is 2.57 bits per heavy atom. The largest absolute Gasteiger partial charge is 0.350 e. The molecule has 0 spiro atoms. The fourth-order valence-corrected chi connectivity index (χ4v) is 2.91. The summed E-state index contributed by atoms with van der Waals surface area (Å²) in [5.74, 6) is -0.157. The number of rotatable bonds is 2. The van der Waals surface area contributed by atoms with E-state index in [1.807, 2.05) is 23.7 Å². The van der Waals surface area contributed by atoms with Crippen molar-refractivity contribution in [2.75, 3.05) is 0 Å². The number of hydrogen-bond donors (Lipinski definition) is 0. The van der Waals surface area contributed by atoms with Gasteiger partial charge in [0.05, 0.1) is 10.0 Å². The van der Waals surface area contributed by atoms with Gasteiger partial charge in [0.25, 0.3) is 0 Å². The highest BCUT2D eigenvalue weighted by Crippen LogP contribution is 2.30. The van der Waals surface area contributed by atoms with E-state index in [-0.39, 0.29) is 10.8 Å². The molecule has 3 aromatic rings. The topological polar surface area (TPSA) is 22.0 Å². The lowest BCUT2D eigenvalue weighted by Crippen LogP contribution is -2.01. The number of aromatic nitrogens is 1. The van der Waals surface area contributed by atoms with E-state index in [4.69, 9.17) is 34.8 Å². The molecule has 5 heteroatoms. The third-order valence-electron chi connectivity index (χ3n) is 3.39. The van der Waals surface area contributed by atoms with Gasteiger partial charge in [-0.3, -0.25) is 4.79 Å². The first-order valence-electron chi connectivity index (χ1n) is 6.22. The number of hydrogen-bond acceptors (Lipinski definition) is 1. The van der Waals surface area contributed by atoms with Gasteiger partial charge < -0.3 is 4.57 Å². The Balaban J connectivity index is 2.21. The summed E-state index contributed by atoms with van der Waals surface area (Å²) in [4.78, 5) is 12.7. The summed E-state index contributed by atoms with van der Waals surface area (Å²) in [5.41, 5.74) is 1.86. The van der Waals surface area contributed by atoms with Gasteiger partial charge in [-0.1, -0.05) is 46.9 Å². The minimum atomic E-state index is -0.157. The van der Waals surface area contributed by atoms with Gasteiger partial charge in [0.2, 0.25) is 0 Å². The van der Waals surface area contributed by atoms with Crippen LogP contribution in [0, 0.1) is 0 Å². The summed E-state index contributed by atoms with van der Waals surface area (Å²) in [5, 5.41) is 2.10. The molecule has 0 saturated carbocycles. The monoisotopic (exact) mass is 337 g/mol. The Kier molecular flexibility index (Phi) is 3.70. The zero-order valence-electron chi connectivity index (χ0n) is 11.0. The van der Waals surface area contributed by atoms with Crippen molar-refractivity contribution in [3.63, 3.8) is 0 Å². The maximum Gasteiger partial charge on any atom is 0.196 e. The van der Waals surface area contributed by atoms with Crippen LogP contribution in [0.2, 0.25) is 15.1 Å². The van der Waals surface area contributed by atoms with E-state index in [0.717, 1.165) is 10.9 Å². The van der Waals surface area contributed by atoms with E-state index in [1.165, 1.54) is 0 Å². The predicted molar refractivity (Wildman–Crippen MR) is 87.8 cm³/mol. The van der Waals surface area contributed by atoms with Crippen molar-refractivity contribution in [1.29, 1.82) is 0 Å². The second kappa shape index (κ2) is 5.38. The molecule has 1 heterocycles. The second-order valence-electron chi connectivity index (χ2n) is 4.75. The number of carbonyl (C=O) groups is 1. The second-order valence-corrected chi connectivity index (χ2v) is 5.97. The Morgan fingerprint density at radius 1 is 1.05 bits per heavy atom. The SMILES string of the molecule is Cn1cc(C(=O)c2cccc(Cl)c2Cl)c2ccc(Cl)cc21. The molecule has 0 fully saturated rings. The van der Waals surface area contributed by atoms with Gasteiger partial charge in [-0.2, -0.15) is 0 Å². The van der Waals surface area contributed by atoms with Crippen molar-refractivity contribution < 1.29 is 4.79 Å². The summed E-state index contributed by atoms with van der Waals surface area (Å²) < 4.78 is 1.87. The first kappa shape index (κ1) is 14.5. The van der Waals surface area contributed by atoms with Crippen LogP contribution in [0.5, 0.6) is 0 Å². The smallest absolute Gasteiger partial charge is 0.196 e. The quantitative estimate of drug-likeness (QED) is 0.576. The Labute approximate surface area is 136 Å². The molecule has 0 aliphatic carbocycles. The highest BCUT2D eigenvalue weighted by Gasteiger charge is 2.19. The van der Waals surface area contributed by atoms with Crippen LogP contribution >= 0.6 is 34.8 Å². The van der Waals surface area contributed by atoms with Crippen LogP contribution in [-0.2, 0) is 7.05 Å². The van der Waals surface area contributed by atoms with Crippen molar-refractivity contribution in [1.82, 2.24) is 4.57 Å². The van der Waals surface area contributed by atoms with Crippen molar-refractivity contribution in [3.05, 3.63) is 68.8 Å². The Bertz CT molecular complexity index is 867. The molecule has 106 valence electrons. The third kappa shape index (κ3) is 2.44. The van der Waals surface area contributed by atoms with Gasteiger partial charge in [0, 0.05) is 40.3 Å². The van der Waals surface area contributed by atoms with E-state index in [9.17, 15) is 4.79 Å². The molecular weight excluding hydrogens is 329 g/mol. The molecule has 0 N–H and O–H groups in total. The van der Waals surface area contributed by atoms with Gasteiger partial charge in [-0.05, 0) is 24.3 Å². The summed E-state index contributed by atoms with van der Waals surface area (Å²) in [7, 11) is 1.87. The number of fused-ring (bicyclic) bond motifs is 1. The van der Waals surface area contributed by atoms with Gasteiger partial charge in [-0.15, -0.1) is 0 Å². The van der Waals surface area contributed by atoms with Gasteiger partial charge >= 0.3 is 0 Å². The number of ketones is 1. The molecule has 2 nitrogen and oxygen atoms in total. The molecule has 2 aromatic carbocycles. The number of halogens is 3. The van der Waals surface area contributed by atoms with Gasteiger partial charge in [-0.25, -0.2) is 0 Å². The van der Waals surface area contributed by atoms with Crippen molar-refractivity contribution in [2.24, 2.45) is 7.05 Å². The minimum Gasteiger partial charge on any atom is -0.350 e. The Hall–Kier alpha value is -1.48. The fourth-order valence-electron chi connectivity index (χ4n) is 2.36. The van der Waals surface area contributed by atoms with E-state index >= 15 is 0 Å². The van der Waals surface area contributed by atoms with E-state index < -0.39 is 0 Å². The predicted octanol–water partition coefficient (Wildman–Crippen LogP) is 5.37. The van der Waals surface area contributed by atoms with E-state index in [1.54, 1.807) is 30.5 Å². The van der Waals surface area contributed by atoms with E-state index in [2.05, 4.69) is 0 Å². The molecule has 0 unspecified atom stereocenters. The van der Waals surface area contributed by atoms with Gasteiger partial charge in [0.1, 0.15) is 0 Å². The summed E-state index contributed by atoms with van der Waals surface area (Å²) in [6.07, 6.45) is 1.78. The zero-order chi connectivity index (χ0) is 15.1. The number of aryl methyl sites for hydroxylation is 1. The van der Waals surface area contributed by atoms with Crippen LogP contribution in [0.3, 0.4) is 0 Å². The molecule has 0 radical (unpaired) electrons. The number of carbonyl (C=O) groups excluding carboxylic acids is 1. The van der Waals surface area contributed by atoms with Crippen LogP contribution in [0.15, 0.2) is 42.6 Å². The first-order chi connectivity index (χ1) is 9.99. The lowest BCUT2D eigenvalue weighted by Gasteiger charge is -2.04. The lowest BCUT2D eigenvalue weighted by atomic mass is 10.0. The van der Waals surface area contributed by atoms with Crippen molar-refractivity contribution >= 4 is 51.5 Å². The molecule has 0 atom stereocenters. The molecule has 21 heavy (non-hydrogen) atoms. The molecule has 0 aliphatic rings. The van der Waals surface area contributed by atoms with Crippen LogP contribution in [0.4, 0.5) is 0 Å². The number of benzene rings is 2. The average molecular weight is 339 g/mol. The minimum absolute atomic E-state index is 0.157. The van der Waals surface area contributed by atoms with Crippen molar-refractivity contribution in [3.8, 4) is 0 Å². The number of nitrogens with zero attached hydrogens (tertiary/aromatic N) is 1. The molecular formula is C16H10Cl3NO. The molecule has 0 aliphatic heterocycles. The fraction of sp³-hybridized carbons (Fsp3) is 0.0625. The van der Waals surface area contributed by atoms with Gasteiger partial charge in [0.15, 0.2) is 5.78 Å². The highest BCUT2D eigenvalue weighted by atomic mass is 35.5. The highest BCUT2D eigenvalue weighted by molar-refractivity contribution is 6.44. The standard InChI is InChI=1S/C16H10Cl3NO/c1-20-8-12(10-6-5-9(17)7-14(10)20)16(21)11-3-2-4-13(18)15(11)19/h2-8H,1H3. The van der Waals surface area contributed by atoms with Crippen molar-refractivity contribution in [2.45, 2.75) is 0 Å². The molecule has 0 amide bonds. The summed E-state index contributed by atoms with van der Waals surface area (Å²) >= 11 is 18.1. The molecule has 3 rings (SSSR count). The normalized spacial score (nSPS) is 11.0. The summed E-state index contributed by atoms with van der Waals surface area (Å²) in [6.45, 7) is 0. The molecule has 0 saturated heterocycles. The van der Waals surface area contributed by atoms with Crippen LogP contribution in [0.1, 0.15) is 15.9 Å². The lowest BCUT2D eigenvalue weighted by molar-refractivity contribution is 0.104. The Morgan fingerprint density at radius 2 is 1.81 bits per heavy atom. The maximum atomic E-state index is 12.7. The zero-order valence-corrected chi connectivity index (χ0v) is 13.3. The molecule has 0 bridgehead atoms. The van der Waals surface area contributed by atoms with Crippen LogP contribution in [0.25, 0.3) is 10.9 Å². The first-order valence-corrected chi connectivity index (χ1v) is 7.35. The molecule has 1 aromatic heterocycles. The maximum absolute atomic E-state index is 12.7. The summed E-state index contributed by atoms with van der Waals surface area (Å²) in [6, 6.07) is 10.5. The van der Waals surface area contributed by atoms with Crippen LogP contribution in [-0.4, -0.2) is 10.4 Å².